The van der Waals surface area contributed by atoms with Crippen molar-refractivity contribution in [3.05, 3.63) is 40.1 Å². The van der Waals surface area contributed by atoms with E-state index in [1.165, 1.54) is 23.5 Å². The summed E-state index contributed by atoms with van der Waals surface area (Å²) < 4.78 is 13.0. The fourth-order valence-corrected chi connectivity index (χ4v) is 2.17. The molecule has 0 aliphatic rings. The molecule has 0 saturated heterocycles. The molecule has 78 valence electrons. The van der Waals surface area contributed by atoms with E-state index in [-0.39, 0.29) is 6.61 Å². The molecular formula is C10H7ClFNOS. The number of aliphatic hydroxyl groups excluding tert-OH is 1. The SMILES string of the molecule is OCc1cnc(-c2cc(F)cc(Cl)c2)s1. The van der Waals surface area contributed by atoms with Crippen LogP contribution in [-0.4, -0.2) is 10.1 Å². The molecule has 0 aliphatic carbocycles. The third-order valence-corrected chi connectivity index (χ3v) is 3.07. The highest BCUT2D eigenvalue weighted by Crippen LogP contribution is 2.28. The number of hydrogen-bond donors (Lipinski definition) is 1. The standard InChI is InChI=1S/C10H7ClFNOS/c11-7-1-6(2-8(12)3-7)10-13-4-9(5-14)15-10/h1-4,14H,5H2. The minimum absolute atomic E-state index is 0.0548. The maximum atomic E-state index is 13.0. The third-order valence-electron chi connectivity index (χ3n) is 1.82. The Bertz CT molecular complexity index is 466. The van der Waals surface area contributed by atoms with Crippen molar-refractivity contribution in [2.45, 2.75) is 6.61 Å². The van der Waals surface area contributed by atoms with Gasteiger partial charge in [0.25, 0.3) is 0 Å². The van der Waals surface area contributed by atoms with E-state index in [2.05, 4.69) is 4.98 Å². The smallest absolute Gasteiger partial charge is 0.125 e. The zero-order chi connectivity index (χ0) is 10.8. The Hall–Kier alpha value is -0.970. The molecule has 0 unspecified atom stereocenters. The van der Waals surface area contributed by atoms with Gasteiger partial charge in [0.2, 0.25) is 0 Å². The lowest BCUT2D eigenvalue weighted by Gasteiger charge is -1.97. The molecule has 1 aromatic heterocycles. The summed E-state index contributed by atoms with van der Waals surface area (Å²) in [6, 6.07) is 4.25. The molecule has 0 spiro atoms. The van der Waals surface area contributed by atoms with E-state index in [4.69, 9.17) is 16.7 Å². The molecule has 2 rings (SSSR count). The molecule has 1 aromatic carbocycles. The number of nitrogens with zero attached hydrogens (tertiary/aromatic N) is 1. The Morgan fingerprint density at radius 2 is 2.20 bits per heavy atom. The third kappa shape index (κ3) is 2.34. The van der Waals surface area contributed by atoms with Crippen LogP contribution in [-0.2, 0) is 6.61 Å². The van der Waals surface area contributed by atoms with Gasteiger partial charge in [-0.25, -0.2) is 9.37 Å². The molecule has 0 radical (unpaired) electrons. The second-order valence-corrected chi connectivity index (χ2v) is 4.50. The van der Waals surface area contributed by atoms with Gasteiger partial charge >= 0.3 is 0 Å². The first-order chi connectivity index (χ1) is 7.19. The molecule has 0 atom stereocenters. The van der Waals surface area contributed by atoms with E-state index in [1.807, 2.05) is 0 Å². The molecule has 15 heavy (non-hydrogen) atoms. The summed E-state index contributed by atoms with van der Waals surface area (Å²) in [5.74, 6) is -0.391. The number of aromatic nitrogens is 1. The van der Waals surface area contributed by atoms with E-state index < -0.39 is 5.82 Å². The molecule has 0 amide bonds. The lowest BCUT2D eigenvalue weighted by atomic mass is 10.2. The van der Waals surface area contributed by atoms with Gasteiger partial charge in [-0.1, -0.05) is 11.6 Å². The Morgan fingerprint density at radius 3 is 2.80 bits per heavy atom. The van der Waals surface area contributed by atoms with Gasteiger partial charge in [-0.05, 0) is 18.2 Å². The first-order valence-corrected chi connectivity index (χ1v) is 5.40. The summed E-state index contributed by atoms with van der Waals surface area (Å²) in [5, 5.41) is 9.87. The number of halogens is 2. The Balaban J connectivity index is 2.44. The molecule has 2 nitrogen and oxygen atoms in total. The minimum atomic E-state index is -0.391. The zero-order valence-corrected chi connectivity index (χ0v) is 9.15. The van der Waals surface area contributed by atoms with Crippen LogP contribution >= 0.6 is 22.9 Å². The van der Waals surface area contributed by atoms with Crippen molar-refractivity contribution in [2.24, 2.45) is 0 Å². The fraction of sp³-hybridized carbons (Fsp3) is 0.100. The molecule has 1 N–H and O–H groups in total. The van der Waals surface area contributed by atoms with E-state index in [0.717, 1.165) is 4.88 Å². The van der Waals surface area contributed by atoms with Crippen molar-refractivity contribution in [2.75, 3.05) is 0 Å². The van der Waals surface area contributed by atoms with E-state index in [0.29, 0.717) is 15.6 Å². The van der Waals surface area contributed by atoms with Crippen LogP contribution in [0.4, 0.5) is 4.39 Å². The summed E-state index contributed by atoms with van der Waals surface area (Å²) in [4.78, 5) is 4.81. The van der Waals surface area contributed by atoms with E-state index >= 15 is 0 Å². The zero-order valence-electron chi connectivity index (χ0n) is 7.58. The molecule has 0 saturated carbocycles. The van der Waals surface area contributed by atoms with Crippen LogP contribution in [0.3, 0.4) is 0 Å². The number of thiazole rings is 1. The van der Waals surface area contributed by atoms with Crippen molar-refractivity contribution in [1.82, 2.24) is 4.98 Å². The van der Waals surface area contributed by atoms with Gasteiger partial charge in [-0.15, -0.1) is 11.3 Å². The molecular weight excluding hydrogens is 237 g/mol. The monoisotopic (exact) mass is 243 g/mol. The topological polar surface area (TPSA) is 33.1 Å². The van der Waals surface area contributed by atoms with Crippen LogP contribution in [0, 0.1) is 5.82 Å². The first kappa shape index (κ1) is 10.5. The lowest BCUT2D eigenvalue weighted by Crippen LogP contribution is -1.79. The summed E-state index contributed by atoms with van der Waals surface area (Å²) in [7, 11) is 0. The highest BCUT2D eigenvalue weighted by Gasteiger charge is 2.06. The molecule has 5 heteroatoms. The average Bonchev–Trinajstić information content (AvgIpc) is 2.64. The van der Waals surface area contributed by atoms with Gasteiger partial charge in [-0.2, -0.15) is 0 Å². The predicted molar refractivity (Wildman–Crippen MR) is 58.4 cm³/mol. The van der Waals surface area contributed by atoms with Crippen LogP contribution in [0.25, 0.3) is 10.6 Å². The Kier molecular flexibility index (Phi) is 3.00. The quantitative estimate of drug-likeness (QED) is 0.879. The van der Waals surface area contributed by atoms with Gasteiger partial charge in [0.05, 0.1) is 11.5 Å². The van der Waals surface area contributed by atoms with Crippen LogP contribution < -0.4 is 0 Å². The van der Waals surface area contributed by atoms with Crippen molar-refractivity contribution in [3.63, 3.8) is 0 Å². The second kappa shape index (κ2) is 4.26. The summed E-state index contributed by atoms with van der Waals surface area (Å²) in [5.41, 5.74) is 0.629. The van der Waals surface area contributed by atoms with Crippen LogP contribution in [0.1, 0.15) is 4.88 Å². The van der Waals surface area contributed by atoms with Crippen molar-refractivity contribution in [3.8, 4) is 10.6 Å². The van der Waals surface area contributed by atoms with E-state index in [1.54, 1.807) is 12.3 Å². The highest BCUT2D eigenvalue weighted by molar-refractivity contribution is 7.15. The van der Waals surface area contributed by atoms with Gasteiger partial charge in [0, 0.05) is 16.8 Å². The van der Waals surface area contributed by atoms with Crippen molar-refractivity contribution in [1.29, 1.82) is 0 Å². The number of aliphatic hydroxyl groups is 1. The van der Waals surface area contributed by atoms with Gasteiger partial charge in [0.1, 0.15) is 10.8 Å². The maximum Gasteiger partial charge on any atom is 0.125 e. The van der Waals surface area contributed by atoms with Crippen LogP contribution in [0.2, 0.25) is 5.02 Å². The molecule has 0 fully saturated rings. The normalized spacial score (nSPS) is 10.6. The van der Waals surface area contributed by atoms with Crippen molar-refractivity contribution >= 4 is 22.9 Å². The van der Waals surface area contributed by atoms with Gasteiger partial charge < -0.3 is 5.11 Å². The van der Waals surface area contributed by atoms with Crippen molar-refractivity contribution < 1.29 is 9.50 Å². The fourth-order valence-electron chi connectivity index (χ4n) is 1.19. The Morgan fingerprint density at radius 1 is 1.40 bits per heavy atom. The molecule has 0 bridgehead atoms. The van der Waals surface area contributed by atoms with Crippen LogP contribution in [0.5, 0.6) is 0 Å². The maximum absolute atomic E-state index is 13.0. The van der Waals surface area contributed by atoms with E-state index in [9.17, 15) is 4.39 Å². The molecule has 2 aromatic rings. The Labute approximate surface area is 95.0 Å². The van der Waals surface area contributed by atoms with Gasteiger partial charge in [0.15, 0.2) is 0 Å². The largest absolute Gasteiger partial charge is 0.391 e. The summed E-state index contributed by atoms with van der Waals surface area (Å²) >= 11 is 7.05. The highest BCUT2D eigenvalue weighted by atomic mass is 35.5. The average molecular weight is 244 g/mol. The van der Waals surface area contributed by atoms with Gasteiger partial charge in [-0.3, -0.25) is 0 Å². The van der Waals surface area contributed by atoms with Crippen LogP contribution in [0.15, 0.2) is 24.4 Å². The summed E-state index contributed by atoms with van der Waals surface area (Å²) in [6.45, 7) is -0.0548. The number of benzene rings is 1. The number of hydrogen-bond acceptors (Lipinski definition) is 3. The molecule has 1 heterocycles. The lowest BCUT2D eigenvalue weighted by molar-refractivity contribution is 0.285. The number of rotatable bonds is 2. The predicted octanol–water partition coefficient (Wildman–Crippen LogP) is 3.09. The summed E-state index contributed by atoms with van der Waals surface area (Å²) in [6.07, 6.45) is 1.57. The second-order valence-electron chi connectivity index (χ2n) is 2.95. The molecule has 0 aliphatic heterocycles. The minimum Gasteiger partial charge on any atom is -0.391 e. The first-order valence-electron chi connectivity index (χ1n) is 4.21.